The first-order chi connectivity index (χ1) is 9.80. The molecule has 1 saturated carbocycles. The SMILES string of the molecule is CCC(Nc1cccc(OC)c1)c1n[nH]c(C2CC2)n1. The number of hydrogen-bond acceptors (Lipinski definition) is 4. The number of ether oxygens (including phenoxy) is 1. The quantitative estimate of drug-likeness (QED) is 0.847. The zero-order chi connectivity index (χ0) is 13.9. The van der Waals surface area contributed by atoms with Gasteiger partial charge in [0, 0.05) is 17.7 Å². The second kappa shape index (κ2) is 5.53. The highest BCUT2D eigenvalue weighted by atomic mass is 16.5. The largest absolute Gasteiger partial charge is 0.497 e. The summed E-state index contributed by atoms with van der Waals surface area (Å²) in [5.74, 6) is 3.33. The zero-order valence-corrected chi connectivity index (χ0v) is 11.9. The number of nitrogens with zero attached hydrogens (tertiary/aromatic N) is 2. The molecule has 1 fully saturated rings. The lowest BCUT2D eigenvalue weighted by Gasteiger charge is -2.15. The van der Waals surface area contributed by atoms with Crippen molar-refractivity contribution >= 4 is 5.69 Å². The third kappa shape index (κ3) is 2.76. The Balaban J connectivity index is 1.74. The van der Waals surface area contributed by atoms with Crippen molar-refractivity contribution in [2.75, 3.05) is 12.4 Å². The molecule has 3 rings (SSSR count). The number of hydrogen-bond donors (Lipinski definition) is 2. The predicted molar refractivity (Wildman–Crippen MR) is 78.0 cm³/mol. The summed E-state index contributed by atoms with van der Waals surface area (Å²) >= 11 is 0. The molecule has 2 N–H and O–H groups in total. The molecule has 20 heavy (non-hydrogen) atoms. The number of benzene rings is 1. The Labute approximate surface area is 118 Å². The van der Waals surface area contributed by atoms with E-state index in [0.717, 1.165) is 29.5 Å². The summed E-state index contributed by atoms with van der Waals surface area (Å²) in [7, 11) is 1.67. The molecule has 0 bridgehead atoms. The molecular formula is C15H20N4O. The van der Waals surface area contributed by atoms with Crippen LogP contribution in [0.1, 0.15) is 49.8 Å². The van der Waals surface area contributed by atoms with E-state index in [4.69, 9.17) is 4.74 Å². The van der Waals surface area contributed by atoms with Crippen LogP contribution in [0.25, 0.3) is 0 Å². The van der Waals surface area contributed by atoms with Gasteiger partial charge in [-0.1, -0.05) is 13.0 Å². The van der Waals surface area contributed by atoms with Crippen LogP contribution in [0.15, 0.2) is 24.3 Å². The van der Waals surface area contributed by atoms with Gasteiger partial charge in [-0.2, -0.15) is 5.10 Å². The molecule has 2 aromatic rings. The van der Waals surface area contributed by atoms with Crippen LogP contribution < -0.4 is 10.1 Å². The number of anilines is 1. The Kier molecular flexibility index (Phi) is 3.58. The molecule has 5 heteroatoms. The van der Waals surface area contributed by atoms with Gasteiger partial charge < -0.3 is 10.1 Å². The molecule has 0 spiro atoms. The normalized spacial score (nSPS) is 15.9. The van der Waals surface area contributed by atoms with E-state index in [2.05, 4.69) is 27.4 Å². The minimum Gasteiger partial charge on any atom is -0.497 e. The fraction of sp³-hybridized carbons (Fsp3) is 0.467. The average molecular weight is 272 g/mol. The molecule has 1 aliphatic rings. The number of nitrogens with one attached hydrogen (secondary N) is 2. The van der Waals surface area contributed by atoms with Gasteiger partial charge in [-0.3, -0.25) is 5.10 Å². The first kappa shape index (κ1) is 13.0. The Morgan fingerprint density at radius 1 is 1.45 bits per heavy atom. The van der Waals surface area contributed by atoms with Gasteiger partial charge in [-0.25, -0.2) is 4.98 Å². The van der Waals surface area contributed by atoms with E-state index in [1.54, 1.807) is 7.11 Å². The first-order valence-corrected chi connectivity index (χ1v) is 7.13. The Bertz CT molecular complexity index is 577. The molecule has 1 atom stereocenters. The topological polar surface area (TPSA) is 62.8 Å². The Hall–Kier alpha value is -2.04. The summed E-state index contributed by atoms with van der Waals surface area (Å²) < 4.78 is 5.24. The first-order valence-electron chi connectivity index (χ1n) is 7.13. The highest BCUT2D eigenvalue weighted by Crippen LogP contribution is 2.38. The number of aromatic nitrogens is 3. The highest BCUT2D eigenvalue weighted by Gasteiger charge is 2.28. The van der Waals surface area contributed by atoms with Gasteiger partial charge in [0.25, 0.3) is 0 Å². The molecule has 0 aliphatic heterocycles. The van der Waals surface area contributed by atoms with Crippen LogP contribution in [-0.4, -0.2) is 22.3 Å². The molecule has 0 amide bonds. The van der Waals surface area contributed by atoms with Crippen LogP contribution in [0, 0.1) is 0 Å². The molecule has 1 unspecified atom stereocenters. The molecule has 1 aromatic heterocycles. The maximum atomic E-state index is 5.24. The molecular weight excluding hydrogens is 252 g/mol. The number of methoxy groups -OCH3 is 1. The Morgan fingerprint density at radius 3 is 3.00 bits per heavy atom. The van der Waals surface area contributed by atoms with Crippen molar-refractivity contribution in [3.8, 4) is 5.75 Å². The fourth-order valence-corrected chi connectivity index (χ4v) is 2.25. The molecule has 5 nitrogen and oxygen atoms in total. The van der Waals surface area contributed by atoms with E-state index in [0.29, 0.717) is 5.92 Å². The average Bonchev–Trinajstić information content (AvgIpc) is 3.23. The smallest absolute Gasteiger partial charge is 0.172 e. The summed E-state index contributed by atoms with van der Waals surface area (Å²) in [4.78, 5) is 4.62. The summed E-state index contributed by atoms with van der Waals surface area (Å²) in [6.45, 7) is 2.13. The van der Waals surface area contributed by atoms with E-state index < -0.39 is 0 Å². The summed E-state index contributed by atoms with van der Waals surface area (Å²) in [5, 5.41) is 10.9. The molecule has 106 valence electrons. The standard InChI is InChI=1S/C15H20N4O/c1-3-13(15-17-14(18-19-15)10-7-8-10)16-11-5-4-6-12(9-11)20-2/h4-6,9-10,13,16H,3,7-8H2,1-2H3,(H,17,18,19). The van der Waals surface area contributed by atoms with Crippen molar-refractivity contribution in [1.82, 2.24) is 15.2 Å². The minimum absolute atomic E-state index is 0.117. The second-order valence-electron chi connectivity index (χ2n) is 5.19. The monoisotopic (exact) mass is 272 g/mol. The Morgan fingerprint density at radius 2 is 2.30 bits per heavy atom. The zero-order valence-electron chi connectivity index (χ0n) is 11.9. The van der Waals surface area contributed by atoms with Crippen molar-refractivity contribution in [3.63, 3.8) is 0 Å². The summed E-state index contributed by atoms with van der Waals surface area (Å²) in [6.07, 6.45) is 3.39. The third-order valence-electron chi connectivity index (χ3n) is 3.61. The lowest BCUT2D eigenvalue weighted by Crippen LogP contribution is -2.11. The molecule has 1 aromatic carbocycles. The van der Waals surface area contributed by atoms with Crippen molar-refractivity contribution in [2.24, 2.45) is 0 Å². The molecule has 0 saturated heterocycles. The van der Waals surface area contributed by atoms with Crippen LogP contribution >= 0.6 is 0 Å². The molecule has 0 radical (unpaired) electrons. The third-order valence-corrected chi connectivity index (χ3v) is 3.61. The van der Waals surface area contributed by atoms with E-state index in [-0.39, 0.29) is 6.04 Å². The molecule has 1 aliphatic carbocycles. The van der Waals surface area contributed by atoms with Crippen molar-refractivity contribution in [2.45, 2.75) is 38.1 Å². The maximum Gasteiger partial charge on any atom is 0.172 e. The predicted octanol–water partition coefficient (Wildman–Crippen LogP) is 3.25. The van der Waals surface area contributed by atoms with Gasteiger partial charge in [0.05, 0.1) is 13.2 Å². The summed E-state index contributed by atoms with van der Waals surface area (Å²) in [5.41, 5.74) is 1.02. The fourth-order valence-electron chi connectivity index (χ4n) is 2.25. The van der Waals surface area contributed by atoms with Crippen molar-refractivity contribution < 1.29 is 4.74 Å². The van der Waals surface area contributed by atoms with Gasteiger partial charge in [-0.15, -0.1) is 0 Å². The van der Waals surface area contributed by atoms with Crippen molar-refractivity contribution in [1.29, 1.82) is 0 Å². The van der Waals surface area contributed by atoms with Gasteiger partial charge >= 0.3 is 0 Å². The van der Waals surface area contributed by atoms with Crippen molar-refractivity contribution in [3.05, 3.63) is 35.9 Å². The van der Waals surface area contributed by atoms with E-state index >= 15 is 0 Å². The van der Waals surface area contributed by atoms with E-state index in [9.17, 15) is 0 Å². The van der Waals surface area contributed by atoms with Crippen LogP contribution in [0.3, 0.4) is 0 Å². The second-order valence-corrected chi connectivity index (χ2v) is 5.19. The lowest BCUT2D eigenvalue weighted by atomic mass is 10.2. The van der Waals surface area contributed by atoms with Crippen LogP contribution in [0.5, 0.6) is 5.75 Å². The van der Waals surface area contributed by atoms with Gasteiger partial charge in [-0.05, 0) is 31.4 Å². The molecule has 1 heterocycles. The number of H-pyrrole nitrogens is 1. The lowest BCUT2D eigenvalue weighted by molar-refractivity contribution is 0.415. The summed E-state index contributed by atoms with van der Waals surface area (Å²) in [6, 6.07) is 8.04. The van der Waals surface area contributed by atoms with Crippen LogP contribution in [-0.2, 0) is 0 Å². The van der Waals surface area contributed by atoms with Gasteiger partial charge in [0.15, 0.2) is 5.82 Å². The maximum absolute atomic E-state index is 5.24. The van der Waals surface area contributed by atoms with Crippen LogP contribution in [0.4, 0.5) is 5.69 Å². The van der Waals surface area contributed by atoms with Gasteiger partial charge in [0.2, 0.25) is 0 Å². The van der Waals surface area contributed by atoms with Crippen LogP contribution in [0.2, 0.25) is 0 Å². The van der Waals surface area contributed by atoms with E-state index in [1.807, 2.05) is 24.3 Å². The van der Waals surface area contributed by atoms with E-state index in [1.165, 1.54) is 12.8 Å². The highest BCUT2D eigenvalue weighted by molar-refractivity contribution is 5.49. The van der Waals surface area contributed by atoms with Gasteiger partial charge in [0.1, 0.15) is 11.6 Å². The number of aromatic amines is 1. The number of rotatable bonds is 6. The minimum atomic E-state index is 0.117.